The maximum atomic E-state index is 13.0. The molecule has 2 rings (SSSR count). The standard InChI is InChI=1S/C18H28FN7O2S.HI/c1-3-17-25-23-14-26(17)13-12-22-18(21-10-11-24-29(2,27)28)20-9-8-15-4-6-16(19)7-5-15;/h4-7,14,24H,3,8-13H2,1-2H3,(H2,20,21,22);1H. The Kier molecular flexibility index (Phi) is 11.8. The van der Waals surface area contributed by atoms with E-state index in [-0.39, 0.29) is 36.3 Å². The third kappa shape index (κ3) is 10.3. The lowest BCUT2D eigenvalue weighted by atomic mass is 10.1. The van der Waals surface area contributed by atoms with Gasteiger partial charge in [-0.25, -0.2) is 17.5 Å². The van der Waals surface area contributed by atoms with Gasteiger partial charge in [-0.2, -0.15) is 0 Å². The molecule has 0 amide bonds. The first-order valence-corrected chi connectivity index (χ1v) is 11.3. The van der Waals surface area contributed by atoms with Crippen molar-refractivity contribution in [2.45, 2.75) is 26.3 Å². The molecule has 0 aliphatic heterocycles. The summed E-state index contributed by atoms with van der Waals surface area (Å²) in [6.45, 7) is 4.42. The summed E-state index contributed by atoms with van der Waals surface area (Å²) in [4.78, 5) is 4.40. The molecular formula is C18H29FIN7O2S. The van der Waals surface area contributed by atoms with Crippen LogP contribution in [0, 0.1) is 5.82 Å². The van der Waals surface area contributed by atoms with Crippen molar-refractivity contribution < 1.29 is 12.8 Å². The molecule has 3 N–H and O–H groups in total. The molecule has 1 aromatic carbocycles. The number of nitrogens with zero attached hydrogens (tertiary/aromatic N) is 4. The van der Waals surface area contributed by atoms with Gasteiger partial charge < -0.3 is 15.2 Å². The molecule has 0 saturated heterocycles. The topological polar surface area (TPSA) is 113 Å². The van der Waals surface area contributed by atoms with Crippen LogP contribution in [0.4, 0.5) is 4.39 Å². The van der Waals surface area contributed by atoms with Gasteiger partial charge >= 0.3 is 0 Å². The predicted molar refractivity (Wildman–Crippen MR) is 126 cm³/mol. The van der Waals surface area contributed by atoms with Crippen molar-refractivity contribution in [2.24, 2.45) is 4.99 Å². The average molecular weight is 553 g/mol. The fraction of sp³-hybridized carbons (Fsp3) is 0.500. The molecule has 0 aliphatic carbocycles. The van der Waals surface area contributed by atoms with Crippen LogP contribution >= 0.6 is 24.0 Å². The van der Waals surface area contributed by atoms with Gasteiger partial charge in [0.15, 0.2) is 5.96 Å². The first-order valence-electron chi connectivity index (χ1n) is 9.45. The van der Waals surface area contributed by atoms with E-state index in [0.29, 0.717) is 38.6 Å². The molecule has 9 nitrogen and oxygen atoms in total. The maximum absolute atomic E-state index is 13.0. The van der Waals surface area contributed by atoms with Crippen molar-refractivity contribution in [1.29, 1.82) is 0 Å². The van der Waals surface area contributed by atoms with Gasteiger partial charge in [0.05, 0.1) is 12.8 Å². The lowest BCUT2D eigenvalue weighted by Crippen LogP contribution is -2.40. The van der Waals surface area contributed by atoms with E-state index < -0.39 is 10.0 Å². The van der Waals surface area contributed by atoms with Crippen molar-refractivity contribution in [3.63, 3.8) is 0 Å². The van der Waals surface area contributed by atoms with Gasteiger partial charge in [0, 0.05) is 32.6 Å². The fourth-order valence-corrected chi connectivity index (χ4v) is 3.05. The molecule has 0 fully saturated rings. The van der Waals surface area contributed by atoms with Crippen molar-refractivity contribution in [3.05, 3.63) is 47.8 Å². The molecule has 168 valence electrons. The first kappa shape index (κ1) is 26.2. The van der Waals surface area contributed by atoms with Crippen LogP contribution in [0.3, 0.4) is 0 Å². The number of aryl methyl sites for hydroxylation is 1. The number of benzene rings is 1. The minimum absolute atomic E-state index is 0. The van der Waals surface area contributed by atoms with E-state index in [1.54, 1.807) is 18.5 Å². The zero-order valence-electron chi connectivity index (χ0n) is 17.1. The number of halogens is 2. The molecule has 0 aliphatic rings. The second-order valence-electron chi connectivity index (χ2n) is 6.42. The largest absolute Gasteiger partial charge is 0.356 e. The SMILES string of the molecule is CCc1nncn1CCNC(=NCCNS(C)(=O)=O)NCCc1ccc(F)cc1.I. The van der Waals surface area contributed by atoms with Gasteiger partial charge in [-0.05, 0) is 24.1 Å². The molecule has 0 atom stereocenters. The van der Waals surface area contributed by atoms with Crippen molar-refractivity contribution in [2.75, 3.05) is 32.4 Å². The number of aliphatic imine (C=N–C) groups is 1. The molecule has 1 aromatic heterocycles. The monoisotopic (exact) mass is 553 g/mol. The molecule has 0 bridgehead atoms. The summed E-state index contributed by atoms with van der Waals surface area (Å²) in [5.41, 5.74) is 1.01. The van der Waals surface area contributed by atoms with Crippen LogP contribution in [0.1, 0.15) is 18.3 Å². The second-order valence-corrected chi connectivity index (χ2v) is 8.25. The second kappa shape index (κ2) is 13.5. The van der Waals surface area contributed by atoms with Gasteiger partial charge in [0.25, 0.3) is 0 Å². The van der Waals surface area contributed by atoms with Gasteiger partial charge in [-0.1, -0.05) is 19.1 Å². The van der Waals surface area contributed by atoms with E-state index in [2.05, 4.69) is 30.5 Å². The highest BCUT2D eigenvalue weighted by Crippen LogP contribution is 2.02. The number of nitrogens with one attached hydrogen (secondary N) is 3. The number of hydrogen-bond acceptors (Lipinski definition) is 5. The summed E-state index contributed by atoms with van der Waals surface area (Å²) in [6.07, 6.45) is 4.30. The van der Waals surface area contributed by atoms with E-state index in [9.17, 15) is 12.8 Å². The van der Waals surface area contributed by atoms with Gasteiger partial charge in [-0.3, -0.25) is 4.99 Å². The minimum atomic E-state index is -3.24. The molecular weight excluding hydrogens is 524 g/mol. The summed E-state index contributed by atoms with van der Waals surface area (Å²) >= 11 is 0. The number of rotatable bonds is 11. The predicted octanol–water partition coefficient (Wildman–Crippen LogP) is 0.925. The van der Waals surface area contributed by atoms with Crippen LogP contribution in [0.15, 0.2) is 35.6 Å². The number of sulfonamides is 1. The van der Waals surface area contributed by atoms with E-state index >= 15 is 0 Å². The van der Waals surface area contributed by atoms with Crippen molar-refractivity contribution in [3.8, 4) is 0 Å². The first-order chi connectivity index (χ1) is 13.9. The lowest BCUT2D eigenvalue weighted by molar-refractivity contribution is 0.588. The van der Waals surface area contributed by atoms with E-state index in [1.165, 1.54) is 12.1 Å². The molecule has 0 saturated carbocycles. The average Bonchev–Trinajstić information content (AvgIpc) is 3.13. The molecule has 0 spiro atoms. The maximum Gasteiger partial charge on any atom is 0.208 e. The molecule has 2 aromatic rings. The molecule has 12 heteroatoms. The Balaban J connectivity index is 0.00000450. The Morgan fingerprint density at radius 2 is 1.87 bits per heavy atom. The van der Waals surface area contributed by atoms with Crippen LogP contribution in [0.25, 0.3) is 0 Å². The Morgan fingerprint density at radius 1 is 1.17 bits per heavy atom. The van der Waals surface area contributed by atoms with Gasteiger partial charge in [0.1, 0.15) is 18.0 Å². The summed E-state index contributed by atoms with van der Waals surface area (Å²) in [7, 11) is -3.24. The number of aromatic nitrogens is 3. The van der Waals surface area contributed by atoms with Crippen molar-refractivity contribution in [1.82, 2.24) is 30.1 Å². The zero-order valence-corrected chi connectivity index (χ0v) is 20.3. The van der Waals surface area contributed by atoms with E-state index in [4.69, 9.17) is 0 Å². The van der Waals surface area contributed by atoms with Gasteiger partial charge in [-0.15, -0.1) is 34.2 Å². The van der Waals surface area contributed by atoms with Crippen LogP contribution in [-0.4, -0.2) is 61.6 Å². The van der Waals surface area contributed by atoms with Crippen LogP contribution in [0.2, 0.25) is 0 Å². The Labute approximate surface area is 194 Å². The van der Waals surface area contributed by atoms with Crippen LogP contribution < -0.4 is 15.4 Å². The molecule has 1 heterocycles. The highest BCUT2D eigenvalue weighted by atomic mass is 127. The summed E-state index contributed by atoms with van der Waals surface area (Å²) in [5, 5.41) is 14.4. The van der Waals surface area contributed by atoms with E-state index in [0.717, 1.165) is 24.1 Å². The smallest absolute Gasteiger partial charge is 0.208 e. The summed E-state index contributed by atoms with van der Waals surface area (Å²) in [6, 6.07) is 6.36. The molecule has 30 heavy (non-hydrogen) atoms. The highest BCUT2D eigenvalue weighted by Gasteiger charge is 2.04. The third-order valence-electron chi connectivity index (χ3n) is 4.02. The zero-order chi connectivity index (χ0) is 21.1. The number of guanidine groups is 1. The Morgan fingerprint density at radius 3 is 2.53 bits per heavy atom. The summed E-state index contributed by atoms with van der Waals surface area (Å²) in [5.74, 6) is 1.23. The highest BCUT2D eigenvalue weighted by molar-refractivity contribution is 14.0. The van der Waals surface area contributed by atoms with Crippen LogP contribution in [0.5, 0.6) is 0 Å². The summed E-state index contributed by atoms with van der Waals surface area (Å²) < 4.78 is 39.7. The Bertz CT molecular complexity index is 888. The normalized spacial score (nSPS) is 11.8. The Hall–Kier alpha value is -1.80. The third-order valence-corrected chi connectivity index (χ3v) is 4.75. The quantitative estimate of drug-likeness (QED) is 0.165. The number of hydrogen-bond donors (Lipinski definition) is 3. The fourth-order valence-electron chi connectivity index (χ4n) is 2.58. The molecule has 0 radical (unpaired) electrons. The van der Waals surface area contributed by atoms with E-state index in [1.807, 2.05) is 11.5 Å². The molecule has 0 unspecified atom stereocenters. The van der Waals surface area contributed by atoms with Crippen LogP contribution in [-0.2, 0) is 29.4 Å². The van der Waals surface area contributed by atoms with Gasteiger partial charge in [0.2, 0.25) is 10.0 Å². The minimum Gasteiger partial charge on any atom is -0.356 e. The van der Waals surface area contributed by atoms with Crippen molar-refractivity contribution >= 4 is 40.0 Å². The lowest BCUT2D eigenvalue weighted by Gasteiger charge is -2.13.